The van der Waals surface area contributed by atoms with Crippen molar-refractivity contribution in [1.29, 1.82) is 5.26 Å². The SMILES string of the molecule is N#CCCC1CCSC1. The van der Waals surface area contributed by atoms with Crippen molar-refractivity contribution in [2.45, 2.75) is 19.3 Å². The molecule has 0 aromatic carbocycles. The molecule has 1 unspecified atom stereocenters. The number of nitrogens with zero attached hydrogens (tertiary/aromatic N) is 1. The molecular formula is C7H11NS. The molecule has 1 fully saturated rings. The van der Waals surface area contributed by atoms with Crippen LogP contribution in [0.5, 0.6) is 0 Å². The van der Waals surface area contributed by atoms with E-state index in [1.807, 2.05) is 11.8 Å². The number of hydrogen-bond donors (Lipinski definition) is 0. The smallest absolute Gasteiger partial charge is 0.0621 e. The molecule has 1 rings (SSSR count). The van der Waals surface area contributed by atoms with E-state index in [0.29, 0.717) is 0 Å². The normalized spacial score (nSPS) is 25.9. The topological polar surface area (TPSA) is 23.8 Å². The van der Waals surface area contributed by atoms with Gasteiger partial charge in [0, 0.05) is 6.42 Å². The zero-order valence-electron chi connectivity index (χ0n) is 5.47. The van der Waals surface area contributed by atoms with Gasteiger partial charge in [-0.3, -0.25) is 0 Å². The lowest BCUT2D eigenvalue weighted by atomic mass is 10.0. The minimum Gasteiger partial charge on any atom is -0.198 e. The van der Waals surface area contributed by atoms with Crippen LogP contribution in [-0.2, 0) is 0 Å². The monoisotopic (exact) mass is 141 g/mol. The molecule has 2 heteroatoms. The van der Waals surface area contributed by atoms with E-state index < -0.39 is 0 Å². The van der Waals surface area contributed by atoms with Gasteiger partial charge in [-0.05, 0) is 30.3 Å². The third-order valence-corrected chi connectivity index (χ3v) is 2.92. The lowest BCUT2D eigenvalue weighted by Crippen LogP contribution is -1.95. The Balaban J connectivity index is 2.06. The molecule has 1 saturated heterocycles. The fourth-order valence-electron chi connectivity index (χ4n) is 1.08. The minimum absolute atomic E-state index is 0.755. The standard InChI is InChI=1S/C7H11NS/c8-4-1-2-7-3-5-9-6-7/h7H,1-3,5-6H2. The van der Waals surface area contributed by atoms with Crippen molar-refractivity contribution < 1.29 is 0 Å². The zero-order chi connectivity index (χ0) is 6.53. The van der Waals surface area contributed by atoms with Gasteiger partial charge in [-0.1, -0.05) is 0 Å². The van der Waals surface area contributed by atoms with Crippen LogP contribution in [-0.4, -0.2) is 11.5 Å². The molecule has 9 heavy (non-hydrogen) atoms. The van der Waals surface area contributed by atoms with Gasteiger partial charge in [-0.15, -0.1) is 0 Å². The van der Waals surface area contributed by atoms with Crippen molar-refractivity contribution >= 4 is 11.8 Å². The van der Waals surface area contributed by atoms with Crippen molar-refractivity contribution in [3.8, 4) is 6.07 Å². The first-order valence-corrected chi connectivity index (χ1v) is 4.53. The highest BCUT2D eigenvalue weighted by molar-refractivity contribution is 7.99. The van der Waals surface area contributed by atoms with Crippen LogP contribution in [0.15, 0.2) is 0 Å². The van der Waals surface area contributed by atoms with Crippen LogP contribution in [0.3, 0.4) is 0 Å². The molecule has 0 saturated carbocycles. The molecule has 1 nitrogen and oxygen atoms in total. The Bertz CT molecular complexity index is 111. The van der Waals surface area contributed by atoms with Gasteiger partial charge < -0.3 is 0 Å². The number of rotatable bonds is 2. The van der Waals surface area contributed by atoms with Crippen molar-refractivity contribution in [1.82, 2.24) is 0 Å². The first kappa shape index (κ1) is 6.95. The second-order valence-corrected chi connectivity index (χ2v) is 3.58. The first-order chi connectivity index (χ1) is 4.43. The summed E-state index contributed by atoms with van der Waals surface area (Å²) >= 11 is 2.02. The van der Waals surface area contributed by atoms with Gasteiger partial charge >= 0.3 is 0 Å². The van der Waals surface area contributed by atoms with Gasteiger partial charge in [0.25, 0.3) is 0 Å². The summed E-state index contributed by atoms with van der Waals surface area (Å²) in [5.41, 5.74) is 0. The number of nitriles is 1. The van der Waals surface area contributed by atoms with E-state index in [9.17, 15) is 0 Å². The van der Waals surface area contributed by atoms with Crippen LogP contribution in [0.1, 0.15) is 19.3 Å². The van der Waals surface area contributed by atoms with E-state index in [1.54, 1.807) is 0 Å². The van der Waals surface area contributed by atoms with Crippen LogP contribution in [0.4, 0.5) is 0 Å². The molecule has 50 valence electrons. The third-order valence-electron chi connectivity index (χ3n) is 1.69. The summed E-state index contributed by atoms with van der Waals surface area (Å²) in [5, 5.41) is 8.27. The molecule has 0 aliphatic carbocycles. The molecule has 0 radical (unpaired) electrons. The molecule has 1 atom stereocenters. The van der Waals surface area contributed by atoms with E-state index >= 15 is 0 Å². The summed E-state index contributed by atoms with van der Waals surface area (Å²) in [6.07, 6.45) is 3.22. The molecule has 0 aromatic heterocycles. The molecule has 0 spiro atoms. The molecule has 1 aliphatic heterocycles. The van der Waals surface area contributed by atoms with Crippen LogP contribution in [0, 0.1) is 17.2 Å². The Morgan fingerprint density at radius 1 is 1.67 bits per heavy atom. The average molecular weight is 141 g/mol. The molecule has 0 bridgehead atoms. The van der Waals surface area contributed by atoms with E-state index in [0.717, 1.165) is 18.8 Å². The van der Waals surface area contributed by atoms with Crippen molar-refractivity contribution in [3.05, 3.63) is 0 Å². The average Bonchev–Trinajstić information content (AvgIpc) is 2.34. The largest absolute Gasteiger partial charge is 0.198 e. The Morgan fingerprint density at radius 2 is 2.56 bits per heavy atom. The Hall–Kier alpha value is -0.160. The summed E-state index contributed by atoms with van der Waals surface area (Å²) in [7, 11) is 0. The third kappa shape index (κ3) is 2.28. The Morgan fingerprint density at radius 3 is 3.11 bits per heavy atom. The molecule has 1 aliphatic rings. The van der Waals surface area contributed by atoms with Crippen molar-refractivity contribution in [2.75, 3.05) is 11.5 Å². The van der Waals surface area contributed by atoms with Crippen LogP contribution < -0.4 is 0 Å². The highest BCUT2D eigenvalue weighted by Gasteiger charge is 2.13. The summed E-state index contributed by atoms with van der Waals surface area (Å²) < 4.78 is 0. The Labute approximate surface area is 60.4 Å². The molecule has 1 heterocycles. The maximum atomic E-state index is 8.27. The fraction of sp³-hybridized carbons (Fsp3) is 0.857. The van der Waals surface area contributed by atoms with Gasteiger partial charge in [0.15, 0.2) is 0 Å². The van der Waals surface area contributed by atoms with Crippen LogP contribution in [0.25, 0.3) is 0 Å². The van der Waals surface area contributed by atoms with E-state index in [4.69, 9.17) is 5.26 Å². The highest BCUT2D eigenvalue weighted by Crippen LogP contribution is 2.26. The second kappa shape index (κ2) is 3.79. The fourth-order valence-corrected chi connectivity index (χ4v) is 2.41. The van der Waals surface area contributed by atoms with Gasteiger partial charge in [0.05, 0.1) is 6.07 Å². The second-order valence-electron chi connectivity index (χ2n) is 2.43. The van der Waals surface area contributed by atoms with Gasteiger partial charge in [-0.25, -0.2) is 0 Å². The predicted octanol–water partition coefficient (Wildman–Crippen LogP) is 2.04. The number of thioether (sulfide) groups is 1. The summed E-state index contributed by atoms with van der Waals surface area (Å²) in [4.78, 5) is 0. The molecule has 0 N–H and O–H groups in total. The summed E-state index contributed by atoms with van der Waals surface area (Å²) in [6, 6.07) is 2.19. The lowest BCUT2D eigenvalue weighted by molar-refractivity contribution is 0.555. The molecule has 0 amide bonds. The number of hydrogen-bond acceptors (Lipinski definition) is 2. The predicted molar refractivity (Wildman–Crippen MR) is 40.3 cm³/mol. The highest BCUT2D eigenvalue weighted by atomic mass is 32.2. The maximum Gasteiger partial charge on any atom is 0.0621 e. The Kier molecular flexibility index (Phi) is 2.93. The summed E-state index contributed by atoms with van der Waals surface area (Å²) in [6.45, 7) is 0. The van der Waals surface area contributed by atoms with Gasteiger partial charge in [0.1, 0.15) is 0 Å². The molecular weight excluding hydrogens is 130 g/mol. The quantitative estimate of drug-likeness (QED) is 0.587. The van der Waals surface area contributed by atoms with Crippen molar-refractivity contribution in [2.24, 2.45) is 5.92 Å². The minimum atomic E-state index is 0.755. The van der Waals surface area contributed by atoms with Crippen LogP contribution in [0.2, 0.25) is 0 Å². The summed E-state index contributed by atoms with van der Waals surface area (Å²) in [5.74, 6) is 3.47. The van der Waals surface area contributed by atoms with E-state index in [2.05, 4.69) is 6.07 Å². The molecule has 0 aromatic rings. The lowest BCUT2D eigenvalue weighted by Gasteiger charge is -2.01. The maximum absolute atomic E-state index is 8.27. The first-order valence-electron chi connectivity index (χ1n) is 3.38. The van der Waals surface area contributed by atoms with E-state index in [1.165, 1.54) is 17.9 Å². The van der Waals surface area contributed by atoms with Crippen molar-refractivity contribution in [3.63, 3.8) is 0 Å². The van der Waals surface area contributed by atoms with Crippen LogP contribution >= 0.6 is 11.8 Å². The van der Waals surface area contributed by atoms with E-state index in [-0.39, 0.29) is 0 Å². The van der Waals surface area contributed by atoms with Gasteiger partial charge in [-0.2, -0.15) is 17.0 Å². The van der Waals surface area contributed by atoms with Gasteiger partial charge in [0.2, 0.25) is 0 Å². The zero-order valence-corrected chi connectivity index (χ0v) is 6.28.